The highest BCUT2D eigenvalue weighted by Gasteiger charge is 2.29. The van der Waals surface area contributed by atoms with Gasteiger partial charge in [0.2, 0.25) is 0 Å². The Morgan fingerprint density at radius 2 is 2.08 bits per heavy atom. The maximum Gasteiger partial charge on any atom is 0.357 e. The van der Waals surface area contributed by atoms with Gasteiger partial charge in [0.1, 0.15) is 12.4 Å². The Balaban J connectivity index is 2.28. The van der Waals surface area contributed by atoms with Gasteiger partial charge in [0, 0.05) is 4.88 Å². The highest BCUT2D eigenvalue weighted by atomic mass is 32.1. The summed E-state index contributed by atoms with van der Waals surface area (Å²) in [6.07, 6.45) is 2.19. The van der Waals surface area contributed by atoms with Gasteiger partial charge in [-0.3, -0.25) is 4.79 Å². The Bertz CT molecular complexity index is 728. The third-order valence-electron chi connectivity index (χ3n) is 3.89. The molecule has 1 N–H and O–H groups in total. The van der Waals surface area contributed by atoms with Crippen LogP contribution in [0.3, 0.4) is 0 Å². The van der Waals surface area contributed by atoms with Crippen molar-refractivity contribution in [2.75, 3.05) is 12.4 Å². The fraction of sp³-hybridized carbons (Fsp3) is 0.600. The van der Waals surface area contributed by atoms with Crippen molar-refractivity contribution in [3.63, 3.8) is 0 Å². The summed E-state index contributed by atoms with van der Waals surface area (Å²) in [5, 5.41) is 14.2. The van der Waals surface area contributed by atoms with E-state index in [0.29, 0.717) is 5.13 Å². The molecule has 0 fully saturated rings. The smallest absolute Gasteiger partial charge is 0.357 e. The first-order chi connectivity index (χ1) is 11.9. The summed E-state index contributed by atoms with van der Waals surface area (Å²) in [7, 11) is 1.31. The van der Waals surface area contributed by atoms with Crippen LogP contribution in [0.4, 0.5) is 5.13 Å². The number of esters is 1. The number of amides is 1. The number of nitrogens with zero attached hydrogens (tertiary/aromatic N) is 5. The summed E-state index contributed by atoms with van der Waals surface area (Å²) < 4.78 is 6.20. The molecule has 0 spiro atoms. The number of aromatic nitrogens is 5. The second-order valence-electron chi connectivity index (χ2n) is 5.99. The first kappa shape index (κ1) is 19.0. The number of carbonyl (C=O) groups excluding carboxylic acids is 2. The molecule has 1 amide bonds. The van der Waals surface area contributed by atoms with Gasteiger partial charge in [-0.25, -0.2) is 14.5 Å². The number of anilines is 1. The lowest BCUT2D eigenvalue weighted by atomic mass is 9.99. The van der Waals surface area contributed by atoms with E-state index >= 15 is 0 Å². The standard InChI is InChI=1S/C15H22N6O3S/c1-6-9(4)11(21-7-16-19-20-21)13(22)18-15-17-10(14(23)24-5)12(25-15)8(2)3/h7-9,11H,6H2,1-5H3,(H,17,18,22). The molecule has 2 rings (SSSR count). The van der Waals surface area contributed by atoms with Crippen LogP contribution in [0.25, 0.3) is 0 Å². The summed E-state index contributed by atoms with van der Waals surface area (Å²) in [5.74, 6) is -0.684. The summed E-state index contributed by atoms with van der Waals surface area (Å²) >= 11 is 1.27. The molecule has 136 valence electrons. The lowest BCUT2D eigenvalue weighted by molar-refractivity contribution is -0.121. The number of rotatable bonds is 7. The molecule has 0 aliphatic rings. The van der Waals surface area contributed by atoms with Gasteiger partial charge >= 0.3 is 5.97 Å². The van der Waals surface area contributed by atoms with Crippen LogP contribution in [0.15, 0.2) is 6.33 Å². The lowest BCUT2D eigenvalue weighted by Gasteiger charge is -2.20. The van der Waals surface area contributed by atoms with Gasteiger partial charge in [0.15, 0.2) is 10.8 Å². The third-order valence-corrected chi connectivity index (χ3v) is 5.16. The molecule has 0 bridgehead atoms. The molecule has 2 unspecified atom stereocenters. The van der Waals surface area contributed by atoms with Crippen molar-refractivity contribution in [2.24, 2.45) is 5.92 Å². The molecule has 10 heteroatoms. The van der Waals surface area contributed by atoms with Crippen molar-refractivity contribution < 1.29 is 14.3 Å². The number of nitrogens with one attached hydrogen (secondary N) is 1. The predicted molar refractivity (Wildman–Crippen MR) is 92.5 cm³/mol. The Hall–Kier alpha value is -2.36. The molecule has 0 radical (unpaired) electrons. The molecular weight excluding hydrogens is 344 g/mol. The second kappa shape index (κ2) is 8.15. The number of hydrogen-bond acceptors (Lipinski definition) is 8. The van der Waals surface area contributed by atoms with Crippen LogP contribution in [0.1, 0.15) is 61.4 Å². The fourth-order valence-corrected chi connectivity index (χ4v) is 3.32. The van der Waals surface area contributed by atoms with Crippen LogP contribution in [-0.4, -0.2) is 44.2 Å². The molecule has 2 heterocycles. The van der Waals surface area contributed by atoms with E-state index in [2.05, 4.69) is 25.8 Å². The van der Waals surface area contributed by atoms with E-state index in [1.54, 1.807) is 0 Å². The van der Waals surface area contributed by atoms with Crippen molar-refractivity contribution in [1.82, 2.24) is 25.2 Å². The number of tetrazole rings is 1. The third kappa shape index (κ3) is 4.19. The minimum atomic E-state index is -0.562. The van der Waals surface area contributed by atoms with Gasteiger partial charge in [-0.15, -0.1) is 16.4 Å². The average molecular weight is 366 g/mol. The number of carbonyl (C=O) groups is 2. The van der Waals surface area contributed by atoms with E-state index < -0.39 is 12.0 Å². The van der Waals surface area contributed by atoms with Gasteiger partial charge in [-0.05, 0) is 22.3 Å². The van der Waals surface area contributed by atoms with Crippen LogP contribution in [-0.2, 0) is 9.53 Å². The van der Waals surface area contributed by atoms with Crippen LogP contribution in [0.5, 0.6) is 0 Å². The Morgan fingerprint density at radius 1 is 1.36 bits per heavy atom. The number of thiazole rings is 1. The summed E-state index contributed by atoms with van der Waals surface area (Å²) in [5.41, 5.74) is 0.236. The number of ether oxygens (including phenoxy) is 1. The normalized spacial score (nSPS) is 13.5. The van der Waals surface area contributed by atoms with Crippen molar-refractivity contribution >= 4 is 28.3 Å². The zero-order valence-electron chi connectivity index (χ0n) is 14.9. The Kier molecular flexibility index (Phi) is 6.18. The molecule has 0 saturated heterocycles. The number of hydrogen-bond donors (Lipinski definition) is 1. The topological polar surface area (TPSA) is 112 Å². The van der Waals surface area contributed by atoms with Gasteiger partial charge in [0.25, 0.3) is 5.91 Å². The van der Waals surface area contributed by atoms with Crippen LogP contribution >= 0.6 is 11.3 Å². The van der Waals surface area contributed by atoms with Crippen molar-refractivity contribution in [2.45, 2.75) is 46.1 Å². The maximum absolute atomic E-state index is 12.8. The Morgan fingerprint density at radius 3 is 2.60 bits per heavy atom. The highest BCUT2D eigenvalue weighted by Crippen LogP contribution is 2.31. The Labute approximate surface area is 149 Å². The van der Waals surface area contributed by atoms with Crippen LogP contribution in [0.2, 0.25) is 0 Å². The minimum absolute atomic E-state index is 0.0214. The van der Waals surface area contributed by atoms with Gasteiger partial charge in [-0.2, -0.15) is 0 Å². The molecule has 0 saturated carbocycles. The van der Waals surface area contributed by atoms with Crippen molar-refractivity contribution in [1.29, 1.82) is 0 Å². The quantitative estimate of drug-likeness (QED) is 0.748. The van der Waals surface area contributed by atoms with E-state index in [1.165, 1.54) is 29.5 Å². The molecule has 2 atom stereocenters. The van der Waals surface area contributed by atoms with Crippen LogP contribution in [0, 0.1) is 5.92 Å². The number of methoxy groups -OCH3 is 1. The summed E-state index contributed by atoms with van der Waals surface area (Å²) in [6, 6.07) is -0.562. The fourth-order valence-electron chi connectivity index (χ4n) is 2.36. The second-order valence-corrected chi connectivity index (χ2v) is 7.02. The molecule has 0 aliphatic carbocycles. The first-order valence-corrected chi connectivity index (χ1v) is 8.83. The van der Waals surface area contributed by atoms with E-state index in [4.69, 9.17) is 4.74 Å². The van der Waals surface area contributed by atoms with Crippen molar-refractivity contribution in [3.8, 4) is 0 Å². The van der Waals surface area contributed by atoms with Crippen LogP contribution < -0.4 is 5.32 Å². The molecule has 2 aromatic rings. The van der Waals surface area contributed by atoms with E-state index in [1.807, 2.05) is 27.7 Å². The lowest BCUT2D eigenvalue weighted by Crippen LogP contribution is -2.31. The van der Waals surface area contributed by atoms with E-state index in [9.17, 15) is 9.59 Å². The molecular formula is C15H22N6O3S. The minimum Gasteiger partial charge on any atom is -0.464 e. The van der Waals surface area contributed by atoms with Gasteiger partial charge < -0.3 is 10.1 Å². The SMILES string of the molecule is CCC(C)C(C(=O)Nc1nc(C(=O)OC)c(C(C)C)s1)n1cnnn1. The van der Waals surface area contributed by atoms with Gasteiger partial charge in [0.05, 0.1) is 7.11 Å². The zero-order chi connectivity index (χ0) is 18.6. The summed E-state index contributed by atoms with van der Waals surface area (Å²) in [6.45, 7) is 7.85. The molecule has 0 aromatic carbocycles. The molecule has 25 heavy (non-hydrogen) atoms. The molecule has 9 nitrogen and oxygen atoms in total. The van der Waals surface area contributed by atoms with Gasteiger partial charge in [-0.1, -0.05) is 34.1 Å². The molecule has 2 aromatic heterocycles. The highest BCUT2D eigenvalue weighted by molar-refractivity contribution is 7.16. The van der Waals surface area contributed by atoms with E-state index in [-0.39, 0.29) is 23.4 Å². The largest absolute Gasteiger partial charge is 0.464 e. The summed E-state index contributed by atoms with van der Waals surface area (Å²) in [4.78, 5) is 29.7. The van der Waals surface area contributed by atoms with Crippen molar-refractivity contribution in [3.05, 3.63) is 16.9 Å². The molecule has 0 aliphatic heterocycles. The first-order valence-electron chi connectivity index (χ1n) is 8.01. The predicted octanol–water partition coefficient (Wildman–Crippen LogP) is 2.27. The zero-order valence-corrected chi connectivity index (χ0v) is 15.7. The average Bonchev–Trinajstić information content (AvgIpc) is 3.24. The monoisotopic (exact) mass is 366 g/mol. The van der Waals surface area contributed by atoms with E-state index in [0.717, 1.165) is 11.3 Å². The maximum atomic E-state index is 12.8.